The summed E-state index contributed by atoms with van der Waals surface area (Å²) in [6.45, 7) is 6.74. The lowest BCUT2D eigenvalue weighted by atomic mass is 9.88. The molecule has 0 saturated heterocycles. The molecule has 0 bridgehead atoms. The van der Waals surface area contributed by atoms with Gasteiger partial charge in [0.05, 0.1) is 5.69 Å². The van der Waals surface area contributed by atoms with Gasteiger partial charge in [0.2, 0.25) is 0 Å². The van der Waals surface area contributed by atoms with Crippen molar-refractivity contribution in [3.63, 3.8) is 0 Å². The molecule has 0 aromatic carbocycles. The molecular weight excluding hydrogens is 226 g/mol. The van der Waals surface area contributed by atoms with Gasteiger partial charge in [-0.2, -0.15) is 14.6 Å². The third kappa shape index (κ3) is 1.75. The summed E-state index contributed by atoms with van der Waals surface area (Å²) >= 11 is 0. The quantitative estimate of drug-likeness (QED) is 0.836. The molecule has 2 aromatic heterocycles. The first-order valence-corrected chi connectivity index (χ1v) is 6.36. The third-order valence-electron chi connectivity index (χ3n) is 3.45. The average Bonchev–Trinajstić information content (AvgIpc) is 2.82. The van der Waals surface area contributed by atoms with Crippen LogP contribution in [0.25, 0.3) is 5.78 Å². The fraction of sp³-hybridized carbons (Fsp3) is 0.462. The molecule has 5 nitrogen and oxygen atoms in total. The second-order valence-corrected chi connectivity index (χ2v) is 4.88. The number of aromatic nitrogens is 4. The van der Waals surface area contributed by atoms with Crippen molar-refractivity contribution in [2.45, 2.75) is 26.2 Å². The van der Waals surface area contributed by atoms with Crippen LogP contribution in [0.4, 0.5) is 5.82 Å². The minimum Gasteiger partial charge on any atom is -0.366 e. The number of hydrogen-bond acceptors (Lipinski definition) is 4. The Labute approximate surface area is 106 Å². The van der Waals surface area contributed by atoms with Crippen molar-refractivity contribution < 1.29 is 0 Å². The van der Waals surface area contributed by atoms with Gasteiger partial charge in [-0.15, -0.1) is 6.58 Å². The van der Waals surface area contributed by atoms with Gasteiger partial charge in [-0.3, -0.25) is 0 Å². The van der Waals surface area contributed by atoms with Crippen molar-refractivity contribution >= 4 is 11.6 Å². The maximum absolute atomic E-state index is 4.62. The Morgan fingerprint density at radius 3 is 3.33 bits per heavy atom. The van der Waals surface area contributed by atoms with Gasteiger partial charge < -0.3 is 5.32 Å². The highest BCUT2D eigenvalue weighted by Crippen LogP contribution is 2.29. The van der Waals surface area contributed by atoms with E-state index in [1.54, 1.807) is 10.8 Å². The highest BCUT2D eigenvalue weighted by atomic mass is 15.4. The Morgan fingerprint density at radius 2 is 2.50 bits per heavy atom. The second-order valence-electron chi connectivity index (χ2n) is 4.88. The van der Waals surface area contributed by atoms with Crippen LogP contribution in [0.5, 0.6) is 0 Å². The summed E-state index contributed by atoms with van der Waals surface area (Å²) in [6, 6.07) is 0. The van der Waals surface area contributed by atoms with Gasteiger partial charge in [0.15, 0.2) is 0 Å². The molecule has 1 N–H and O–H groups in total. The molecule has 0 radical (unpaired) electrons. The SMILES string of the molecule is C=CCNc1c2c(nc3ncnn13)C[C@H](C)CC2. The van der Waals surface area contributed by atoms with Crippen molar-refractivity contribution in [2.75, 3.05) is 11.9 Å². The van der Waals surface area contributed by atoms with Gasteiger partial charge in [-0.05, 0) is 25.2 Å². The molecule has 18 heavy (non-hydrogen) atoms. The predicted molar refractivity (Wildman–Crippen MR) is 70.7 cm³/mol. The lowest BCUT2D eigenvalue weighted by Gasteiger charge is -2.23. The van der Waals surface area contributed by atoms with E-state index in [0.29, 0.717) is 11.7 Å². The van der Waals surface area contributed by atoms with Gasteiger partial charge in [-0.1, -0.05) is 13.0 Å². The van der Waals surface area contributed by atoms with Crippen LogP contribution in [0.2, 0.25) is 0 Å². The molecule has 2 heterocycles. The zero-order chi connectivity index (χ0) is 12.5. The Hall–Kier alpha value is -1.91. The van der Waals surface area contributed by atoms with Crippen molar-refractivity contribution in [3.8, 4) is 0 Å². The molecule has 1 aliphatic carbocycles. The number of anilines is 1. The fourth-order valence-corrected chi connectivity index (χ4v) is 2.53. The van der Waals surface area contributed by atoms with Gasteiger partial charge in [0.1, 0.15) is 12.1 Å². The smallest absolute Gasteiger partial charge is 0.254 e. The molecule has 0 fully saturated rings. The lowest BCUT2D eigenvalue weighted by Crippen LogP contribution is -2.19. The summed E-state index contributed by atoms with van der Waals surface area (Å²) in [5, 5.41) is 7.61. The molecule has 0 amide bonds. The van der Waals surface area contributed by atoms with Gasteiger partial charge in [0, 0.05) is 12.1 Å². The van der Waals surface area contributed by atoms with Crippen LogP contribution in [0.1, 0.15) is 24.6 Å². The van der Waals surface area contributed by atoms with Gasteiger partial charge in [0.25, 0.3) is 5.78 Å². The van der Waals surface area contributed by atoms with Crippen molar-refractivity contribution in [3.05, 3.63) is 30.2 Å². The molecular formula is C13H17N5. The third-order valence-corrected chi connectivity index (χ3v) is 3.45. The summed E-state index contributed by atoms with van der Waals surface area (Å²) in [5.41, 5.74) is 2.45. The molecule has 0 spiro atoms. The lowest BCUT2D eigenvalue weighted by molar-refractivity contribution is 0.491. The molecule has 1 atom stereocenters. The van der Waals surface area contributed by atoms with E-state index in [1.807, 2.05) is 6.08 Å². The van der Waals surface area contributed by atoms with E-state index in [0.717, 1.165) is 25.2 Å². The highest BCUT2D eigenvalue weighted by molar-refractivity contribution is 5.54. The minimum absolute atomic E-state index is 0.675. The Bertz CT molecular complexity index is 586. The summed E-state index contributed by atoms with van der Waals surface area (Å²) < 4.78 is 1.79. The molecule has 2 aromatic rings. The van der Waals surface area contributed by atoms with Crippen LogP contribution in [0, 0.1) is 5.92 Å². The first-order chi connectivity index (χ1) is 8.79. The van der Waals surface area contributed by atoms with Crippen molar-refractivity contribution in [1.29, 1.82) is 0 Å². The Morgan fingerprint density at radius 1 is 1.61 bits per heavy atom. The summed E-state index contributed by atoms with van der Waals surface area (Å²) in [6.07, 6.45) is 6.69. The van der Waals surface area contributed by atoms with Crippen LogP contribution < -0.4 is 5.32 Å². The second kappa shape index (κ2) is 4.40. The van der Waals surface area contributed by atoms with Crippen molar-refractivity contribution in [1.82, 2.24) is 19.6 Å². The summed E-state index contributed by atoms with van der Waals surface area (Å²) in [5.74, 6) is 2.40. The molecule has 0 unspecified atom stereocenters. The van der Waals surface area contributed by atoms with Crippen LogP contribution in [-0.4, -0.2) is 26.1 Å². The van der Waals surface area contributed by atoms with E-state index in [9.17, 15) is 0 Å². The monoisotopic (exact) mass is 243 g/mol. The maximum Gasteiger partial charge on any atom is 0.254 e. The van der Waals surface area contributed by atoms with Crippen LogP contribution in [0.15, 0.2) is 19.0 Å². The average molecular weight is 243 g/mol. The first kappa shape index (κ1) is 11.2. The fourth-order valence-electron chi connectivity index (χ4n) is 2.53. The molecule has 1 aliphatic rings. The van der Waals surface area contributed by atoms with Crippen LogP contribution in [-0.2, 0) is 12.8 Å². The topological polar surface area (TPSA) is 55.1 Å². The number of nitrogens with one attached hydrogen (secondary N) is 1. The number of nitrogens with zero attached hydrogens (tertiary/aromatic N) is 4. The zero-order valence-corrected chi connectivity index (χ0v) is 10.6. The van der Waals surface area contributed by atoms with Gasteiger partial charge >= 0.3 is 0 Å². The molecule has 94 valence electrons. The van der Waals surface area contributed by atoms with Crippen LogP contribution >= 0.6 is 0 Å². The standard InChI is InChI=1S/C13H17N5/c1-3-6-14-12-10-5-4-9(2)7-11(10)17-13-15-8-16-18(12)13/h3,8-9,14H,1,4-7H2,2H3/t9-/m1/s1. The maximum atomic E-state index is 4.62. The number of rotatable bonds is 3. The number of fused-ring (bicyclic) bond motifs is 2. The molecule has 0 saturated carbocycles. The predicted octanol–water partition coefficient (Wildman–Crippen LogP) is 1.85. The summed E-state index contributed by atoms with van der Waals surface area (Å²) in [4.78, 5) is 8.81. The van der Waals surface area contributed by atoms with E-state index in [-0.39, 0.29) is 0 Å². The molecule has 3 rings (SSSR count). The Kier molecular flexibility index (Phi) is 2.74. The van der Waals surface area contributed by atoms with Crippen LogP contribution in [0.3, 0.4) is 0 Å². The molecule has 5 heteroatoms. The minimum atomic E-state index is 0.675. The Balaban J connectivity index is 2.15. The van der Waals surface area contributed by atoms with E-state index < -0.39 is 0 Å². The molecule has 0 aliphatic heterocycles. The zero-order valence-electron chi connectivity index (χ0n) is 10.6. The summed E-state index contributed by atoms with van der Waals surface area (Å²) in [7, 11) is 0. The van der Waals surface area contributed by atoms with E-state index >= 15 is 0 Å². The highest BCUT2D eigenvalue weighted by Gasteiger charge is 2.22. The van der Waals surface area contributed by atoms with Crippen molar-refractivity contribution in [2.24, 2.45) is 5.92 Å². The van der Waals surface area contributed by atoms with Gasteiger partial charge in [-0.25, -0.2) is 4.98 Å². The first-order valence-electron chi connectivity index (χ1n) is 6.36. The van der Waals surface area contributed by atoms with E-state index in [4.69, 9.17) is 0 Å². The van der Waals surface area contributed by atoms with E-state index in [1.165, 1.54) is 17.7 Å². The largest absolute Gasteiger partial charge is 0.366 e. The van der Waals surface area contributed by atoms with E-state index in [2.05, 4.69) is 33.9 Å². The normalized spacial score (nSPS) is 18.6. The number of hydrogen-bond donors (Lipinski definition) is 1.